The zero-order valence-corrected chi connectivity index (χ0v) is 12.6. The number of rotatable bonds is 4. The van der Waals surface area contributed by atoms with Gasteiger partial charge in [-0.1, -0.05) is 23.7 Å². The van der Waals surface area contributed by atoms with Gasteiger partial charge in [-0.25, -0.2) is 0 Å². The number of benzene rings is 1. The van der Waals surface area contributed by atoms with Crippen LogP contribution in [-0.2, 0) is 13.1 Å². The van der Waals surface area contributed by atoms with Crippen LogP contribution in [-0.4, -0.2) is 30.0 Å². The molecule has 0 radical (unpaired) electrons. The summed E-state index contributed by atoms with van der Waals surface area (Å²) in [6, 6.07) is 9.33. The van der Waals surface area contributed by atoms with Crippen molar-refractivity contribution in [2.45, 2.75) is 20.0 Å². The number of halogens is 1. The van der Waals surface area contributed by atoms with Gasteiger partial charge in [0.15, 0.2) is 0 Å². The molecule has 0 saturated carbocycles. The highest BCUT2D eigenvalue weighted by molar-refractivity contribution is 6.32. The molecule has 0 aliphatic carbocycles. The lowest BCUT2D eigenvalue weighted by Gasteiger charge is -1.99. The van der Waals surface area contributed by atoms with E-state index < -0.39 is 0 Å². The van der Waals surface area contributed by atoms with E-state index in [1.165, 1.54) is 4.80 Å². The summed E-state index contributed by atoms with van der Waals surface area (Å²) in [5.41, 5.74) is 2.27. The Kier molecular flexibility index (Phi) is 3.85. The first-order valence-electron chi connectivity index (χ1n) is 6.69. The van der Waals surface area contributed by atoms with Gasteiger partial charge in [-0.05, 0) is 29.8 Å². The highest BCUT2D eigenvalue weighted by Crippen LogP contribution is 2.24. The van der Waals surface area contributed by atoms with E-state index in [2.05, 4.69) is 26.6 Å². The average molecular weight is 314 g/mol. The quantitative estimate of drug-likeness (QED) is 0.736. The lowest BCUT2D eigenvalue weighted by Crippen LogP contribution is -2.04. The first kappa shape index (κ1) is 14.2. The SMILES string of the molecule is CCn1ncc(-c2nnn(Cc3ccc(C#N)cc3)n2)c1Cl. The predicted octanol–water partition coefficient (Wildman–Crippen LogP) is 2.13. The molecule has 0 fully saturated rings. The lowest BCUT2D eigenvalue weighted by molar-refractivity contribution is 0.573. The zero-order chi connectivity index (χ0) is 15.5. The number of nitriles is 1. The van der Waals surface area contributed by atoms with Crippen LogP contribution in [0.4, 0.5) is 0 Å². The summed E-state index contributed by atoms with van der Waals surface area (Å²) in [6.45, 7) is 3.11. The molecule has 0 spiro atoms. The van der Waals surface area contributed by atoms with Crippen LogP contribution >= 0.6 is 11.6 Å². The minimum Gasteiger partial charge on any atom is -0.254 e. The fourth-order valence-corrected chi connectivity index (χ4v) is 2.30. The minimum atomic E-state index is 0.443. The molecule has 110 valence electrons. The predicted molar refractivity (Wildman–Crippen MR) is 80.0 cm³/mol. The second-order valence-corrected chi connectivity index (χ2v) is 4.98. The van der Waals surface area contributed by atoms with Gasteiger partial charge < -0.3 is 0 Å². The van der Waals surface area contributed by atoms with Crippen molar-refractivity contribution in [3.8, 4) is 17.5 Å². The Labute approximate surface area is 131 Å². The smallest absolute Gasteiger partial charge is 0.209 e. The van der Waals surface area contributed by atoms with E-state index in [0.29, 0.717) is 35.2 Å². The molecular weight excluding hydrogens is 302 g/mol. The van der Waals surface area contributed by atoms with Crippen molar-refractivity contribution in [1.82, 2.24) is 30.0 Å². The fraction of sp³-hybridized carbons (Fsp3) is 0.214. The minimum absolute atomic E-state index is 0.443. The highest BCUT2D eigenvalue weighted by Gasteiger charge is 2.14. The summed E-state index contributed by atoms with van der Waals surface area (Å²) >= 11 is 6.21. The van der Waals surface area contributed by atoms with Crippen molar-refractivity contribution in [2.75, 3.05) is 0 Å². The molecule has 0 aliphatic rings. The third-order valence-corrected chi connectivity index (χ3v) is 3.57. The molecule has 7 nitrogen and oxygen atoms in total. The van der Waals surface area contributed by atoms with Gasteiger partial charge in [-0.15, -0.1) is 10.2 Å². The third-order valence-electron chi connectivity index (χ3n) is 3.18. The number of hydrogen-bond acceptors (Lipinski definition) is 5. The van der Waals surface area contributed by atoms with Gasteiger partial charge in [0.2, 0.25) is 5.82 Å². The summed E-state index contributed by atoms with van der Waals surface area (Å²) in [5.74, 6) is 0.443. The summed E-state index contributed by atoms with van der Waals surface area (Å²) in [7, 11) is 0. The fourth-order valence-electron chi connectivity index (χ4n) is 2.01. The van der Waals surface area contributed by atoms with Crippen molar-refractivity contribution in [3.63, 3.8) is 0 Å². The number of aryl methyl sites for hydroxylation is 1. The largest absolute Gasteiger partial charge is 0.254 e. The number of aromatic nitrogens is 6. The molecule has 3 aromatic rings. The maximum absolute atomic E-state index is 8.79. The molecule has 0 aliphatic heterocycles. The molecule has 2 heterocycles. The van der Waals surface area contributed by atoms with Crippen molar-refractivity contribution in [3.05, 3.63) is 46.7 Å². The molecule has 0 unspecified atom stereocenters. The van der Waals surface area contributed by atoms with Crippen LogP contribution in [0, 0.1) is 11.3 Å². The van der Waals surface area contributed by atoms with Gasteiger partial charge in [0.05, 0.1) is 29.9 Å². The molecule has 0 amide bonds. The van der Waals surface area contributed by atoms with Gasteiger partial charge in [0, 0.05) is 6.54 Å². The maximum Gasteiger partial charge on any atom is 0.209 e. The van der Waals surface area contributed by atoms with Crippen LogP contribution in [0.5, 0.6) is 0 Å². The summed E-state index contributed by atoms with van der Waals surface area (Å²) in [6.07, 6.45) is 1.63. The lowest BCUT2D eigenvalue weighted by atomic mass is 10.1. The first-order valence-corrected chi connectivity index (χ1v) is 7.07. The zero-order valence-electron chi connectivity index (χ0n) is 11.8. The molecule has 3 rings (SSSR count). The van der Waals surface area contributed by atoms with E-state index in [4.69, 9.17) is 16.9 Å². The second-order valence-electron chi connectivity index (χ2n) is 4.62. The van der Waals surface area contributed by atoms with E-state index >= 15 is 0 Å². The number of tetrazole rings is 1. The van der Waals surface area contributed by atoms with Crippen molar-refractivity contribution in [2.24, 2.45) is 0 Å². The molecule has 8 heteroatoms. The van der Waals surface area contributed by atoms with Crippen LogP contribution < -0.4 is 0 Å². The average Bonchev–Trinajstić information content (AvgIpc) is 3.14. The van der Waals surface area contributed by atoms with Crippen LogP contribution in [0.25, 0.3) is 11.4 Å². The van der Waals surface area contributed by atoms with Crippen molar-refractivity contribution < 1.29 is 0 Å². The van der Waals surface area contributed by atoms with Gasteiger partial charge >= 0.3 is 0 Å². The van der Waals surface area contributed by atoms with E-state index in [1.54, 1.807) is 23.0 Å². The van der Waals surface area contributed by atoms with Gasteiger partial charge in [-0.2, -0.15) is 15.2 Å². The monoisotopic (exact) mass is 313 g/mol. The van der Waals surface area contributed by atoms with E-state index in [-0.39, 0.29) is 0 Å². The van der Waals surface area contributed by atoms with Crippen LogP contribution in [0.2, 0.25) is 5.15 Å². The molecular formula is C14H12ClN7. The second kappa shape index (κ2) is 5.95. The number of nitrogens with zero attached hydrogens (tertiary/aromatic N) is 7. The standard InChI is InChI=1S/C14H12ClN7/c1-2-21-13(15)12(8-17-21)14-18-20-22(19-14)9-11-5-3-10(7-16)4-6-11/h3-6,8H,2,9H2,1H3. The normalized spacial score (nSPS) is 10.6. The molecule has 0 saturated heterocycles. The Morgan fingerprint density at radius 1 is 1.27 bits per heavy atom. The summed E-state index contributed by atoms with van der Waals surface area (Å²) in [5, 5.41) is 25.8. The summed E-state index contributed by atoms with van der Waals surface area (Å²) < 4.78 is 1.66. The van der Waals surface area contributed by atoms with E-state index in [9.17, 15) is 0 Å². The topological polar surface area (TPSA) is 85.2 Å². The Morgan fingerprint density at radius 2 is 2.05 bits per heavy atom. The van der Waals surface area contributed by atoms with Gasteiger partial charge in [-0.3, -0.25) is 4.68 Å². The van der Waals surface area contributed by atoms with Crippen LogP contribution in [0.1, 0.15) is 18.1 Å². The maximum atomic E-state index is 8.79. The first-order chi connectivity index (χ1) is 10.7. The Hall–Kier alpha value is -2.72. The molecule has 1 aromatic carbocycles. The van der Waals surface area contributed by atoms with Crippen molar-refractivity contribution in [1.29, 1.82) is 5.26 Å². The number of hydrogen-bond donors (Lipinski definition) is 0. The van der Waals surface area contributed by atoms with E-state index in [1.807, 2.05) is 19.1 Å². The van der Waals surface area contributed by atoms with Gasteiger partial charge in [0.25, 0.3) is 0 Å². The highest BCUT2D eigenvalue weighted by atomic mass is 35.5. The molecule has 0 bridgehead atoms. The Bertz CT molecular complexity index is 826. The van der Waals surface area contributed by atoms with Gasteiger partial charge in [0.1, 0.15) is 5.15 Å². The molecule has 0 atom stereocenters. The van der Waals surface area contributed by atoms with Crippen LogP contribution in [0.3, 0.4) is 0 Å². The van der Waals surface area contributed by atoms with Crippen LogP contribution in [0.15, 0.2) is 30.5 Å². The molecule has 0 N–H and O–H groups in total. The Balaban J connectivity index is 1.81. The third kappa shape index (κ3) is 2.69. The summed E-state index contributed by atoms with van der Waals surface area (Å²) in [4.78, 5) is 1.48. The Morgan fingerprint density at radius 3 is 2.68 bits per heavy atom. The molecule has 2 aromatic heterocycles. The molecule has 22 heavy (non-hydrogen) atoms. The van der Waals surface area contributed by atoms with Crippen molar-refractivity contribution >= 4 is 11.6 Å². The van der Waals surface area contributed by atoms with E-state index in [0.717, 1.165) is 5.56 Å².